The third-order valence-corrected chi connectivity index (χ3v) is 4.65. The van der Waals surface area contributed by atoms with Crippen LogP contribution in [0, 0.1) is 0 Å². The van der Waals surface area contributed by atoms with Gasteiger partial charge in [0.15, 0.2) is 0 Å². The summed E-state index contributed by atoms with van der Waals surface area (Å²) >= 11 is 0. The molecule has 0 bridgehead atoms. The lowest BCUT2D eigenvalue weighted by Gasteiger charge is -2.32. The van der Waals surface area contributed by atoms with Gasteiger partial charge in [0, 0.05) is 6.54 Å². The molecule has 24 heavy (non-hydrogen) atoms. The SMILES string of the molecule is CCOC(=O)c1ccc(CN(C)C)c(B2OC(C)(C)C(C)(C)O2)c1. The standard InChI is InChI=1S/C18H28BNO4/c1-8-22-16(21)13-9-10-14(12-20(6)7)15(11-13)19-23-17(2,3)18(4,5)24-19/h9-11H,8,12H2,1-7H3. The molecule has 0 radical (unpaired) electrons. The molecule has 1 aromatic carbocycles. The van der Waals surface area contributed by atoms with Gasteiger partial charge in [0.05, 0.1) is 23.4 Å². The van der Waals surface area contributed by atoms with E-state index in [1.165, 1.54) is 0 Å². The smallest absolute Gasteiger partial charge is 0.462 e. The van der Waals surface area contributed by atoms with Crippen molar-refractivity contribution in [3.8, 4) is 0 Å². The molecule has 0 amide bonds. The van der Waals surface area contributed by atoms with Crippen molar-refractivity contribution in [3.63, 3.8) is 0 Å². The zero-order chi connectivity index (χ0) is 18.1. The third-order valence-electron chi connectivity index (χ3n) is 4.65. The van der Waals surface area contributed by atoms with Gasteiger partial charge in [-0.1, -0.05) is 6.07 Å². The molecule has 1 aliphatic rings. The first-order chi connectivity index (χ1) is 11.1. The summed E-state index contributed by atoms with van der Waals surface area (Å²) in [6.45, 7) is 11.0. The van der Waals surface area contributed by atoms with Gasteiger partial charge in [-0.2, -0.15) is 0 Å². The minimum Gasteiger partial charge on any atom is -0.462 e. The fraction of sp³-hybridized carbons (Fsp3) is 0.611. The van der Waals surface area contributed by atoms with Crippen molar-refractivity contribution in [1.29, 1.82) is 0 Å². The van der Waals surface area contributed by atoms with Gasteiger partial charge in [0.2, 0.25) is 0 Å². The Hall–Kier alpha value is -1.37. The molecule has 0 aromatic heterocycles. The van der Waals surface area contributed by atoms with Gasteiger partial charge >= 0.3 is 13.1 Å². The normalized spacial score (nSPS) is 18.9. The van der Waals surface area contributed by atoms with Gasteiger partial charge in [-0.3, -0.25) is 0 Å². The molecule has 0 N–H and O–H groups in total. The fourth-order valence-corrected chi connectivity index (χ4v) is 2.61. The second-order valence-electron chi connectivity index (χ2n) is 7.46. The lowest BCUT2D eigenvalue weighted by molar-refractivity contribution is 0.00578. The minimum atomic E-state index is -0.501. The number of carbonyl (C=O) groups excluding carboxylic acids is 1. The zero-order valence-electron chi connectivity index (χ0n) is 15.8. The summed E-state index contributed by atoms with van der Waals surface area (Å²) in [5, 5.41) is 0. The summed E-state index contributed by atoms with van der Waals surface area (Å²) in [4.78, 5) is 14.2. The van der Waals surface area contributed by atoms with Gasteiger partial charge in [0.1, 0.15) is 0 Å². The first kappa shape index (κ1) is 19.0. The molecule has 2 rings (SSSR count). The van der Waals surface area contributed by atoms with Gasteiger partial charge < -0.3 is 18.9 Å². The molecule has 0 spiro atoms. The summed E-state index contributed by atoms with van der Waals surface area (Å²) in [7, 11) is 3.51. The zero-order valence-corrected chi connectivity index (χ0v) is 15.8. The van der Waals surface area contributed by atoms with Crippen molar-refractivity contribution < 1.29 is 18.8 Å². The van der Waals surface area contributed by atoms with E-state index in [2.05, 4.69) is 4.90 Å². The van der Waals surface area contributed by atoms with E-state index in [1.807, 2.05) is 53.9 Å². The number of nitrogens with zero attached hydrogens (tertiary/aromatic N) is 1. The van der Waals surface area contributed by atoms with Gasteiger partial charge in [0.25, 0.3) is 0 Å². The maximum Gasteiger partial charge on any atom is 0.495 e. The molecule has 1 heterocycles. The van der Waals surface area contributed by atoms with Crippen LogP contribution in [0.2, 0.25) is 0 Å². The molecule has 1 fully saturated rings. The van der Waals surface area contributed by atoms with Crippen LogP contribution < -0.4 is 5.46 Å². The number of benzene rings is 1. The molecule has 0 atom stereocenters. The van der Waals surface area contributed by atoms with E-state index in [-0.39, 0.29) is 5.97 Å². The van der Waals surface area contributed by atoms with Crippen molar-refractivity contribution in [2.75, 3.05) is 20.7 Å². The summed E-state index contributed by atoms with van der Waals surface area (Å²) in [6, 6.07) is 5.58. The summed E-state index contributed by atoms with van der Waals surface area (Å²) < 4.78 is 17.5. The Morgan fingerprint density at radius 2 is 1.75 bits per heavy atom. The number of ether oxygens (including phenoxy) is 1. The van der Waals surface area contributed by atoms with E-state index in [0.717, 1.165) is 17.6 Å². The van der Waals surface area contributed by atoms with Crippen molar-refractivity contribution in [2.24, 2.45) is 0 Å². The molecular formula is C18H28BNO4. The van der Waals surface area contributed by atoms with Crippen LogP contribution in [-0.2, 0) is 20.6 Å². The minimum absolute atomic E-state index is 0.327. The van der Waals surface area contributed by atoms with Crippen LogP contribution in [-0.4, -0.2) is 49.9 Å². The van der Waals surface area contributed by atoms with Crippen molar-refractivity contribution in [3.05, 3.63) is 29.3 Å². The highest BCUT2D eigenvalue weighted by Gasteiger charge is 2.52. The summed E-state index contributed by atoms with van der Waals surface area (Å²) in [5.74, 6) is -0.327. The van der Waals surface area contributed by atoms with E-state index in [1.54, 1.807) is 13.0 Å². The molecule has 0 aliphatic carbocycles. The van der Waals surface area contributed by atoms with Crippen LogP contribution in [0.4, 0.5) is 0 Å². The van der Waals surface area contributed by atoms with Crippen LogP contribution in [0.5, 0.6) is 0 Å². The Morgan fingerprint density at radius 1 is 1.17 bits per heavy atom. The molecular weight excluding hydrogens is 305 g/mol. The van der Waals surface area contributed by atoms with Crippen LogP contribution in [0.3, 0.4) is 0 Å². The van der Waals surface area contributed by atoms with Crippen molar-refractivity contribution in [2.45, 2.75) is 52.4 Å². The van der Waals surface area contributed by atoms with E-state index < -0.39 is 18.3 Å². The van der Waals surface area contributed by atoms with E-state index in [0.29, 0.717) is 12.2 Å². The Labute approximate surface area is 145 Å². The van der Waals surface area contributed by atoms with Crippen molar-refractivity contribution in [1.82, 2.24) is 4.90 Å². The molecule has 5 nitrogen and oxygen atoms in total. The number of carbonyl (C=O) groups is 1. The maximum absolute atomic E-state index is 12.1. The van der Waals surface area contributed by atoms with Crippen molar-refractivity contribution >= 4 is 18.6 Å². The number of hydrogen-bond acceptors (Lipinski definition) is 5. The Kier molecular flexibility index (Phi) is 5.42. The highest BCUT2D eigenvalue weighted by Crippen LogP contribution is 2.36. The van der Waals surface area contributed by atoms with Crippen LogP contribution in [0.15, 0.2) is 18.2 Å². The Bertz CT molecular complexity index is 597. The number of esters is 1. The van der Waals surface area contributed by atoms with E-state index >= 15 is 0 Å². The first-order valence-corrected chi connectivity index (χ1v) is 8.37. The quantitative estimate of drug-likeness (QED) is 0.611. The fourth-order valence-electron chi connectivity index (χ4n) is 2.61. The average molecular weight is 333 g/mol. The lowest BCUT2D eigenvalue weighted by atomic mass is 9.75. The Morgan fingerprint density at radius 3 is 2.25 bits per heavy atom. The number of hydrogen-bond donors (Lipinski definition) is 0. The molecule has 1 aromatic rings. The summed E-state index contributed by atoms with van der Waals surface area (Å²) in [6.07, 6.45) is 0. The van der Waals surface area contributed by atoms with Crippen LogP contribution in [0.25, 0.3) is 0 Å². The topological polar surface area (TPSA) is 48.0 Å². The second-order valence-corrected chi connectivity index (χ2v) is 7.46. The predicted molar refractivity (Wildman–Crippen MR) is 95.5 cm³/mol. The van der Waals surface area contributed by atoms with Gasteiger partial charge in [-0.15, -0.1) is 0 Å². The summed E-state index contributed by atoms with van der Waals surface area (Å²) in [5.41, 5.74) is 1.63. The molecule has 6 heteroatoms. The average Bonchev–Trinajstić information content (AvgIpc) is 2.67. The van der Waals surface area contributed by atoms with Gasteiger partial charge in [-0.25, -0.2) is 4.79 Å². The maximum atomic E-state index is 12.1. The third kappa shape index (κ3) is 3.82. The van der Waals surface area contributed by atoms with E-state index in [4.69, 9.17) is 14.0 Å². The van der Waals surface area contributed by atoms with E-state index in [9.17, 15) is 4.79 Å². The number of rotatable bonds is 5. The monoisotopic (exact) mass is 333 g/mol. The molecule has 132 valence electrons. The highest BCUT2D eigenvalue weighted by atomic mass is 16.7. The predicted octanol–water partition coefficient (Wildman–Crippen LogP) is 2.22. The van der Waals surface area contributed by atoms with Crippen LogP contribution in [0.1, 0.15) is 50.5 Å². The lowest BCUT2D eigenvalue weighted by Crippen LogP contribution is -2.41. The molecule has 1 aliphatic heterocycles. The molecule has 0 saturated carbocycles. The van der Waals surface area contributed by atoms with Gasteiger partial charge in [-0.05, 0) is 71.9 Å². The Balaban J connectivity index is 2.41. The second kappa shape index (κ2) is 6.86. The van der Waals surface area contributed by atoms with Crippen LogP contribution >= 0.6 is 0 Å². The largest absolute Gasteiger partial charge is 0.495 e. The highest BCUT2D eigenvalue weighted by molar-refractivity contribution is 6.62. The first-order valence-electron chi connectivity index (χ1n) is 8.37. The molecule has 1 saturated heterocycles. The molecule has 0 unspecified atom stereocenters.